The summed E-state index contributed by atoms with van der Waals surface area (Å²) in [5.74, 6) is 0. The fraction of sp³-hybridized carbons (Fsp3) is 1.00. The van der Waals surface area contributed by atoms with Crippen LogP contribution in [0.5, 0.6) is 0 Å². The van der Waals surface area contributed by atoms with E-state index in [4.69, 9.17) is 9.47 Å². The predicted molar refractivity (Wildman–Crippen MR) is 54.0 cm³/mol. The molecule has 1 aliphatic rings. The lowest BCUT2D eigenvalue weighted by molar-refractivity contribution is -0.215. The SMILES string of the molecule is CO[C@H]1C[C@@H](NC(C)C)C(O)[C@H](C)O1. The summed E-state index contributed by atoms with van der Waals surface area (Å²) in [4.78, 5) is 0. The maximum Gasteiger partial charge on any atom is 0.159 e. The number of ether oxygens (including phenoxy) is 2. The first kappa shape index (κ1) is 11.9. The molecule has 1 aliphatic heterocycles. The van der Waals surface area contributed by atoms with Gasteiger partial charge in [0.25, 0.3) is 0 Å². The normalized spacial score (nSPS) is 39.0. The summed E-state index contributed by atoms with van der Waals surface area (Å²) < 4.78 is 10.6. The Bertz CT molecular complexity index is 175. The molecule has 0 saturated carbocycles. The van der Waals surface area contributed by atoms with Gasteiger partial charge in [-0.05, 0) is 6.92 Å². The number of hydrogen-bond acceptors (Lipinski definition) is 4. The first-order valence-corrected chi connectivity index (χ1v) is 5.17. The molecule has 0 bridgehead atoms. The Morgan fingerprint density at radius 2 is 2.14 bits per heavy atom. The van der Waals surface area contributed by atoms with Crippen LogP contribution in [0, 0.1) is 0 Å². The second-order valence-corrected chi connectivity index (χ2v) is 4.16. The van der Waals surface area contributed by atoms with E-state index in [2.05, 4.69) is 19.2 Å². The fourth-order valence-corrected chi connectivity index (χ4v) is 1.80. The highest BCUT2D eigenvalue weighted by molar-refractivity contribution is 4.86. The molecule has 4 atom stereocenters. The quantitative estimate of drug-likeness (QED) is 0.701. The Morgan fingerprint density at radius 1 is 1.50 bits per heavy atom. The second kappa shape index (κ2) is 5.07. The molecule has 4 nitrogen and oxygen atoms in total. The topological polar surface area (TPSA) is 50.7 Å². The Morgan fingerprint density at radius 3 is 2.64 bits per heavy atom. The van der Waals surface area contributed by atoms with Crippen molar-refractivity contribution in [3.63, 3.8) is 0 Å². The maximum atomic E-state index is 9.86. The molecule has 0 spiro atoms. The number of aliphatic hydroxyl groups excluding tert-OH is 1. The molecule has 1 rings (SSSR count). The zero-order valence-electron chi connectivity index (χ0n) is 9.36. The van der Waals surface area contributed by atoms with Crippen LogP contribution in [0.4, 0.5) is 0 Å². The fourth-order valence-electron chi connectivity index (χ4n) is 1.80. The van der Waals surface area contributed by atoms with Crippen LogP contribution in [-0.4, -0.2) is 42.8 Å². The van der Waals surface area contributed by atoms with Crippen LogP contribution in [-0.2, 0) is 9.47 Å². The van der Waals surface area contributed by atoms with E-state index in [-0.39, 0.29) is 18.4 Å². The van der Waals surface area contributed by atoms with E-state index >= 15 is 0 Å². The number of nitrogens with one attached hydrogen (secondary N) is 1. The van der Waals surface area contributed by atoms with E-state index in [9.17, 15) is 5.11 Å². The minimum absolute atomic E-state index is 0.0590. The molecule has 84 valence electrons. The van der Waals surface area contributed by atoms with Crippen molar-refractivity contribution >= 4 is 0 Å². The van der Waals surface area contributed by atoms with E-state index in [0.29, 0.717) is 12.5 Å². The lowest BCUT2D eigenvalue weighted by Crippen LogP contribution is -2.55. The largest absolute Gasteiger partial charge is 0.389 e. The van der Waals surface area contributed by atoms with E-state index in [1.54, 1.807) is 7.11 Å². The number of methoxy groups -OCH3 is 1. The van der Waals surface area contributed by atoms with Gasteiger partial charge in [-0.3, -0.25) is 0 Å². The molecule has 0 aromatic carbocycles. The van der Waals surface area contributed by atoms with Gasteiger partial charge in [0.05, 0.1) is 12.2 Å². The summed E-state index contributed by atoms with van der Waals surface area (Å²) in [5.41, 5.74) is 0. The van der Waals surface area contributed by atoms with Crippen LogP contribution in [0.2, 0.25) is 0 Å². The molecule has 1 fully saturated rings. The molecule has 1 heterocycles. The first-order valence-electron chi connectivity index (χ1n) is 5.17. The van der Waals surface area contributed by atoms with Gasteiger partial charge in [-0.25, -0.2) is 0 Å². The van der Waals surface area contributed by atoms with Gasteiger partial charge < -0.3 is 19.9 Å². The Hall–Kier alpha value is -0.160. The van der Waals surface area contributed by atoms with Crippen molar-refractivity contribution in [2.75, 3.05) is 7.11 Å². The zero-order chi connectivity index (χ0) is 10.7. The van der Waals surface area contributed by atoms with Gasteiger partial charge in [-0.15, -0.1) is 0 Å². The third-order valence-corrected chi connectivity index (χ3v) is 2.52. The maximum absolute atomic E-state index is 9.86. The summed E-state index contributed by atoms with van der Waals surface area (Å²) in [6.45, 7) is 5.99. The molecule has 0 amide bonds. The minimum Gasteiger partial charge on any atom is -0.389 e. The van der Waals surface area contributed by atoms with Gasteiger partial charge in [0, 0.05) is 25.6 Å². The van der Waals surface area contributed by atoms with E-state index < -0.39 is 6.10 Å². The molecular formula is C10H21NO3. The Kier molecular flexibility index (Phi) is 4.31. The van der Waals surface area contributed by atoms with Crippen LogP contribution in [0.15, 0.2) is 0 Å². The summed E-state index contributed by atoms with van der Waals surface area (Å²) in [6, 6.07) is 0.418. The van der Waals surface area contributed by atoms with E-state index in [1.165, 1.54) is 0 Å². The van der Waals surface area contributed by atoms with Gasteiger partial charge in [-0.1, -0.05) is 13.8 Å². The van der Waals surface area contributed by atoms with Crippen molar-refractivity contribution in [3.05, 3.63) is 0 Å². The summed E-state index contributed by atoms with van der Waals surface area (Å²) in [7, 11) is 1.63. The van der Waals surface area contributed by atoms with Crippen molar-refractivity contribution in [1.29, 1.82) is 0 Å². The Labute approximate surface area is 85.6 Å². The van der Waals surface area contributed by atoms with Crippen molar-refractivity contribution in [2.45, 2.75) is 57.8 Å². The summed E-state index contributed by atoms with van der Waals surface area (Å²) >= 11 is 0. The summed E-state index contributed by atoms with van der Waals surface area (Å²) in [5, 5.41) is 13.2. The molecule has 1 unspecified atom stereocenters. The highest BCUT2D eigenvalue weighted by atomic mass is 16.7. The lowest BCUT2D eigenvalue weighted by Gasteiger charge is -2.38. The first-order chi connectivity index (χ1) is 6.54. The van der Waals surface area contributed by atoms with Gasteiger partial charge in [0.1, 0.15) is 0 Å². The van der Waals surface area contributed by atoms with Crippen molar-refractivity contribution < 1.29 is 14.6 Å². The third kappa shape index (κ3) is 2.92. The van der Waals surface area contributed by atoms with Crippen molar-refractivity contribution in [1.82, 2.24) is 5.32 Å². The van der Waals surface area contributed by atoms with Crippen molar-refractivity contribution in [2.24, 2.45) is 0 Å². The third-order valence-electron chi connectivity index (χ3n) is 2.52. The monoisotopic (exact) mass is 203 g/mol. The number of hydrogen-bond donors (Lipinski definition) is 2. The second-order valence-electron chi connectivity index (χ2n) is 4.16. The van der Waals surface area contributed by atoms with Crippen LogP contribution >= 0.6 is 0 Å². The van der Waals surface area contributed by atoms with E-state index in [1.807, 2.05) is 6.92 Å². The molecule has 2 N–H and O–H groups in total. The van der Waals surface area contributed by atoms with E-state index in [0.717, 1.165) is 0 Å². The predicted octanol–water partition coefficient (Wildman–Crippen LogP) is 0.495. The number of aliphatic hydroxyl groups is 1. The van der Waals surface area contributed by atoms with Crippen LogP contribution in [0.25, 0.3) is 0 Å². The molecule has 0 radical (unpaired) electrons. The van der Waals surface area contributed by atoms with Crippen LogP contribution < -0.4 is 5.32 Å². The van der Waals surface area contributed by atoms with Crippen LogP contribution in [0.3, 0.4) is 0 Å². The smallest absolute Gasteiger partial charge is 0.159 e. The molecule has 14 heavy (non-hydrogen) atoms. The molecular weight excluding hydrogens is 182 g/mol. The summed E-state index contributed by atoms with van der Waals surface area (Å²) in [6.07, 6.45) is -0.140. The standard InChI is InChI=1S/C10H21NO3/c1-6(2)11-8-5-9(13-4)14-7(3)10(8)12/h6-12H,5H2,1-4H3/t7-,8+,9+,10?/m0/s1. The molecule has 0 aliphatic carbocycles. The van der Waals surface area contributed by atoms with Crippen molar-refractivity contribution in [3.8, 4) is 0 Å². The van der Waals surface area contributed by atoms with Gasteiger partial charge in [0.2, 0.25) is 0 Å². The molecule has 0 aromatic heterocycles. The number of rotatable bonds is 3. The highest BCUT2D eigenvalue weighted by Gasteiger charge is 2.35. The Balaban J connectivity index is 2.53. The zero-order valence-corrected chi connectivity index (χ0v) is 9.36. The molecule has 0 aromatic rings. The molecule has 4 heteroatoms. The minimum atomic E-state index is -0.455. The van der Waals surface area contributed by atoms with Gasteiger partial charge in [-0.2, -0.15) is 0 Å². The highest BCUT2D eigenvalue weighted by Crippen LogP contribution is 2.20. The molecule has 1 saturated heterocycles. The average molecular weight is 203 g/mol. The lowest BCUT2D eigenvalue weighted by atomic mass is 9.99. The van der Waals surface area contributed by atoms with Gasteiger partial charge >= 0.3 is 0 Å². The average Bonchev–Trinajstić information content (AvgIpc) is 2.11. The van der Waals surface area contributed by atoms with Gasteiger partial charge in [0.15, 0.2) is 6.29 Å². The van der Waals surface area contributed by atoms with Crippen LogP contribution in [0.1, 0.15) is 27.2 Å².